The van der Waals surface area contributed by atoms with Gasteiger partial charge >= 0.3 is 11.7 Å². The van der Waals surface area contributed by atoms with Crippen LogP contribution in [0.1, 0.15) is 36.5 Å². The Hall–Kier alpha value is -3.23. The third-order valence-corrected chi connectivity index (χ3v) is 6.39. The maximum absolute atomic E-state index is 12.7. The molecule has 0 amide bonds. The van der Waals surface area contributed by atoms with Crippen molar-refractivity contribution in [3.8, 4) is 0 Å². The number of fused-ring (bicyclic) bond motifs is 1. The van der Waals surface area contributed by atoms with Crippen LogP contribution in [0, 0.1) is 5.92 Å². The number of aromatic amines is 1. The van der Waals surface area contributed by atoms with Gasteiger partial charge in [-0.25, -0.2) is 4.79 Å². The van der Waals surface area contributed by atoms with E-state index in [1.54, 1.807) is 31.2 Å². The molecule has 1 saturated heterocycles. The van der Waals surface area contributed by atoms with Crippen molar-refractivity contribution in [2.45, 2.75) is 31.9 Å². The fraction of sp³-hybridized carbons (Fsp3) is 0.375. The minimum Gasteiger partial charge on any atom is -0.481 e. The minimum absolute atomic E-state index is 0.126. The number of para-hydroxylation sites is 1. The quantitative estimate of drug-likeness (QED) is 0.543. The molecule has 3 unspecified atom stereocenters. The van der Waals surface area contributed by atoms with Crippen LogP contribution < -0.4 is 11.2 Å². The Morgan fingerprint density at radius 1 is 1.12 bits per heavy atom. The van der Waals surface area contributed by atoms with Gasteiger partial charge in [0.15, 0.2) is 0 Å². The summed E-state index contributed by atoms with van der Waals surface area (Å²) in [6, 6.07) is 14.3. The van der Waals surface area contributed by atoms with E-state index >= 15 is 0 Å². The SMILES string of the molecule is CC(O)c1ccc(C2CCN(CCn3c(=O)[nH]c4ccccc4c3=O)CC2C(=O)O)cc1. The number of likely N-dealkylation sites (tertiary alicyclic amines) is 1. The first-order chi connectivity index (χ1) is 15.3. The number of hydrogen-bond donors (Lipinski definition) is 3. The lowest BCUT2D eigenvalue weighted by molar-refractivity contribution is -0.144. The van der Waals surface area contributed by atoms with Crippen LogP contribution in [-0.4, -0.2) is 50.3 Å². The molecule has 2 aromatic carbocycles. The second-order valence-corrected chi connectivity index (χ2v) is 8.42. The maximum atomic E-state index is 12.7. The van der Waals surface area contributed by atoms with Gasteiger partial charge in [0.05, 0.1) is 22.9 Å². The van der Waals surface area contributed by atoms with E-state index in [4.69, 9.17) is 0 Å². The van der Waals surface area contributed by atoms with E-state index < -0.39 is 23.7 Å². The molecule has 0 radical (unpaired) electrons. The molecule has 3 N–H and O–H groups in total. The molecule has 1 aromatic heterocycles. The molecule has 0 aliphatic carbocycles. The summed E-state index contributed by atoms with van der Waals surface area (Å²) in [5.74, 6) is -1.58. The molecule has 8 nitrogen and oxygen atoms in total. The summed E-state index contributed by atoms with van der Waals surface area (Å²) < 4.78 is 1.18. The molecule has 8 heteroatoms. The highest BCUT2D eigenvalue weighted by Crippen LogP contribution is 2.33. The summed E-state index contributed by atoms with van der Waals surface area (Å²) in [5, 5.41) is 20.0. The van der Waals surface area contributed by atoms with Crippen molar-refractivity contribution in [3.05, 3.63) is 80.5 Å². The lowest BCUT2D eigenvalue weighted by atomic mass is 9.80. The van der Waals surface area contributed by atoms with Crippen molar-refractivity contribution in [3.63, 3.8) is 0 Å². The predicted molar refractivity (Wildman–Crippen MR) is 121 cm³/mol. The zero-order valence-corrected chi connectivity index (χ0v) is 17.9. The number of aliphatic hydroxyl groups is 1. The van der Waals surface area contributed by atoms with Crippen molar-refractivity contribution >= 4 is 16.9 Å². The Morgan fingerprint density at radius 3 is 2.53 bits per heavy atom. The van der Waals surface area contributed by atoms with Gasteiger partial charge in [0, 0.05) is 19.6 Å². The molecule has 1 aliphatic rings. The molecule has 1 aliphatic heterocycles. The molecule has 0 saturated carbocycles. The molecule has 3 aromatic rings. The number of piperidine rings is 1. The Bertz CT molecular complexity index is 1230. The number of aromatic nitrogens is 2. The van der Waals surface area contributed by atoms with Crippen molar-refractivity contribution in [2.75, 3.05) is 19.6 Å². The van der Waals surface area contributed by atoms with Gasteiger partial charge < -0.3 is 20.1 Å². The normalized spacial score (nSPS) is 20.3. The Balaban J connectivity index is 1.48. The lowest BCUT2D eigenvalue weighted by Gasteiger charge is -2.37. The van der Waals surface area contributed by atoms with Crippen LogP contribution in [0.2, 0.25) is 0 Å². The van der Waals surface area contributed by atoms with Crippen LogP contribution in [0.15, 0.2) is 58.1 Å². The maximum Gasteiger partial charge on any atom is 0.328 e. The number of nitrogens with zero attached hydrogens (tertiary/aromatic N) is 2. The first kappa shape index (κ1) is 22.0. The number of aliphatic hydroxyl groups excluding tert-OH is 1. The van der Waals surface area contributed by atoms with E-state index in [1.165, 1.54) is 4.57 Å². The zero-order chi connectivity index (χ0) is 22.8. The molecule has 1 fully saturated rings. The fourth-order valence-electron chi connectivity index (χ4n) is 4.54. The molecule has 168 valence electrons. The van der Waals surface area contributed by atoms with Gasteiger partial charge in [-0.1, -0.05) is 36.4 Å². The number of carbonyl (C=O) groups is 1. The van der Waals surface area contributed by atoms with Gasteiger partial charge in [-0.3, -0.25) is 14.2 Å². The molecule has 2 heterocycles. The largest absolute Gasteiger partial charge is 0.481 e. The molecular formula is C24H27N3O5. The van der Waals surface area contributed by atoms with Gasteiger partial charge in [0.1, 0.15) is 0 Å². The highest BCUT2D eigenvalue weighted by molar-refractivity contribution is 5.76. The lowest BCUT2D eigenvalue weighted by Crippen LogP contribution is -2.46. The summed E-state index contributed by atoms with van der Waals surface area (Å²) in [5.41, 5.74) is 1.45. The Labute approximate surface area is 184 Å². The number of benzene rings is 2. The van der Waals surface area contributed by atoms with Crippen LogP contribution in [0.3, 0.4) is 0 Å². The number of rotatable bonds is 6. The second kappa shape index (κ2) is 9.10. The Morgan fingerprint density at radius 2 is 1.84 bits per heavy atom. The molecule has 0 spiro atoms. The fourth-order valence-corrected chi connectivity index (χ4v) is 4.54. The topological polar surface area (TPSA) is 116 Å². The average Bonchev–Trinajstić information content (AvgIpc) is 2.79. The number of carboxylic acids is 1. The highest BCUT2D eigenvalue weighted by Gasteiger charge is 2.35. The van der Waals surface area contributed by atoms with Crippen molar-refractivity contribution in [1.82, 2.24) is 14.5 Å². The van der Waals surface area contributed by atoms with Crippen LogP contribution in [0.25, 0.3) is 10.9 Å². The summed E-state index contributed by atoms with van der Waals surface area (Å²) in [6.07, 6.45) is 0.0939. The summed E-state index contributed by atoms with van der Waals surface area (Å²) >= 11 is 0. The van der Waals surface area contributed by atoms with Gasteiger partial charge in [-0.2, -0.15) is 0 Å². The van der Waals surface area contributed by atoms with E-state index in [2.05, 4.69) is 4.98 Å². The van der Waals surface area contributed by atoms with Crippen LogP contribution in [0.5, 0.6) is 0 Å². The molecule has 3 atom stereocenters. The molecular weight excluding hydrogens is 410 g/mol. The van der Waals surface area contributed by atoms with Gasteiger partial charge in [-0.05, 0) is 49.1 Å². The summed E-state index contributed by atoms with van der Waals surface area (Å²) in [6.45, 7) is 3.32. The van der Waals surface area contributed by atoms with Crippen molar-refractivity contribution in [1.29, 1.82) is 0 Å². The highest BCUT2D eigenvalue weighted by atomic mass is 16.4. The predicted octanol–water partition coefficient (Wildman–Crippen LogP) is 1.93. The van der Waals surface area contributed by atoms with E-state index in [-0.39, 0.29) is 18.0 Å². The van der Waals surface area contributed by atoms with E-state index in [9.17, 15) is 24.6 Å². The number of aliphatic carboxylic acids is 1. The third-order valence-electron chi connectivity index (χ3n) is 6.39. The van der Waals surface area contributed by atoms with Gasteiger partial charge in [-0.15, -0.1) is 0 Å². The second-order valence-electron chi connectivity index (χ2n) is 8.42. The average molecular weight is 437 g/mol. The number of carboxylic acid groups (broad SMARTS) is 1. The number of H-pyrrole nitrogens is 1. The van der Waals surface area contributed by atoms with E-state index in [0.29, 0.717) is 37.0 Å². The minimum atomic E-state index is -0.861. The first-order valence-electron chi connectivity index (χ1n) is 10.8. The van der Waals surface area contributed by atoms with Gasteiger partial charge in [0.2, 0.25) is 0 Å². The number of nitrogens with one attached hydrogen (secondary N) is 1. The van der Waals surface area contributed by atoms with Crippen molar-refractivity contribution < 1.29 is 15.0 Å². The molecule has 32 heavy (non-hydrogen) atoms. The van der Waals surface area contributed by atoms with Crippen LogP contribution in [0.4, 0.5) is 0 Å². The van der Waals surface area contributed by atoms with Crippen LogP contribution >= 0.6 is 0 Å². The zero-order valence-electron chi connectivity index (χ0n) is 17.9. The monoisotopic (exact) mass is 437 g/mol. The van der Waals surface area contributed by atoms with Gasteiger partial charge in [0.25, 0.3) is 5.56 Å². The third kappa shape index (κ3) is 4.37. The summed E-state index contributed by atoms with van der Waals surface area (Å²) in [7, 11) is 0. The van der Waals surface area contributed by atoms with Crippen molar-refractivity contribution in [2.24, 2.45) is 5.92 Å². The van der Waals surface area contributed by atoms with E-state index in [1.807, 2.05) is 29.2 Å². The van der Waals surface area contributed by atoms with E-state index in [0.717, 1.165) is 11.1 Å². The Kier molecular flexibility index (Phi) is 6.25. The van der Waals surface area contributed by atoms with Crippen LogP contribution in [-0.2, 0) is 11.3 Å². The number of hydrogen-bond acceptors (Lipinski definition) is 5. The molecule has 4 rings (SSSR count). The molecule has 0 bridgehead atoms. The summed E-state index contributed by atoms with van der Waals surface area (Å²) in [4.78, 5) is 41.9. The first-order valence-corrected chi connectivity index (χ1v) is 10.8. The smallest absolute Gasteiger partial charge is 0.328 e. The standard InChI is InChI=1S/C24H27N3O5/c1-15(28)16-6-8-17(9-7-16)18-10-11-26(14-20(18)23(30)31)12-13-27-22(29)19-4-2-3-5-21(19)25-24(27)32/h2-9,15,18,20,28H,10-14H2,1H3,(H,25,32)(H,30,31).